The highest BCUT2D eigenvalue weighted by atomic mass is 16.6. The van der Waals surface area contributed by atoms with Gasteiger partial charge < -0.3 is 19.3 Å². The Morgan fingerprint density at radius 1 is 1.03 bits per heavy atom. The van der Waals surface area contributed by atoms with Gasteiger partial charge in [-0.3, -0.25) is 9.78 Å². The standard InChI is InChI=1S/C21H21N7O4/c1-26-9-11-27(12-10-26)21(30)32-20-17-16(22-7-8-23-17)19(29)28(20)14-5-3-13-4-6-15(31-2)25-18(13)24-14/h3-8,20H,9-12H2,1-2H3. The Labute approximate surface area is 183 Å². The van der Waals surface area contributed by atoms with Crippen molar-refractivity contribution in [3.05, 3.63) is 48.0 Å². The van der Waals surface area contributed by atoms with Crippen molar-refractivity contribution in [2.24, 2.45) is 0 Å². The van der Waals surface area contributed by atoms with Gasteiger partial charge in [0, 0.05) is 50.0 Å². The molecule has 0 N–H and O–H groups in total. The van der Waals surface area contributed by atoms with Crippen LogP contribution in [-0.4, -0.2) is 82.1 Å². The zero-order valence-electron chi connectivity index (χ0n) is 17.6. The van der Waals surface area contributed by atoms with E-state index in [0.717, 1.165) is 18.5 Å². The maximum absolute atomic E-state index is 13.2. The van der Waals surface area contributed by atoms with Crippen molar-refractivity contribution >= 4 is 28.9 Å². The number of piperazine rings is 1. The molecule has 11 nitrogen and oxygen atoms in total. The molecule has 0 spiro atoms. The minimum Gasteiger partial charge on any atom is -0.481 e. The number of hydrogen-bond donors (Lipinski definition) is 0. The van der Waals surface area contributed by atoms with E-state index in [0.29, 0.717) is 24.6 Å². The first-order chi connectivity index (χ1) is 15.5. The summed E-state index contributed by atoms with van der Waals surface area (Å²) in [5.41, 5.74) is 0.806. The quantitative estimate of drug-likeness (QED) is 0.603. The molecule has 0 aliphatic carbocycles. The Morgan fingerprint density at radius 2 is 1.78 bits per heavy atom. The number of rotatable bonds is 3. The van der Waals surface area contributed by atoms with Crippen molar-refractivity contribution in [1.82, 2.24) is 29.7 Å². The van der Waals surface area contributed by atoms with Gasteiger partial charge in [-0.25, -0.2) is 19.7 Å². The lowest BCUT2D eigenvalue weighted by Crippen LogP contribution is -2.48. The molecule has 1 unspecified atom stereocenters. The van der Waals surface area contributed by atoms with Crippen molar-refractivity contribution in [2.75, 3.05) is 45.2 Å². The minimum atomic E-state index is -1.08. The number of ether oxygens (including phenoxy) is 2. The van der Waals surface area contributed by atoms with Crippen LogP contribution in [0.25, 0.3) is 11.0 Å². The van der Waals surface area contributed by atoms with Crippen LogP contribution in [0.1, 0.15) is 22.4 Å². The minimum absolute atomic E-state index is 0.129. The third-order valence-electron chi connectivity index (χ3n) is 5.56. The second kappa shape index (κ2) is 8.00. The zero-order chi connectivity index (χ0) is 22.2. The van der Waals surface area contributed by atoms with E-state index in [1.807, 2.05) is 13.1 Å². The number of methoxy groups -OCH3 is 1. The molecule has 11 heteroatoms. The SMILES string of the molecule is COc1ccc2ccc(N3C(=O)c4nccnc4C3OC(=O)N3CCN(C)CC3)nc2n1. The first-order valence-corrected chi connectivity index (χ1v) is 10.2. The van der Waals surface area contributed by atoms with Crippen molar-refractivity contribution < 1.29 is 19.1 Å². The van der Waals surface area contributed by atoms with E-state index in [1.165, 1.54) is 24.4 Å². The highest BCUT2D eigenvalue weighted by Crippen LogP contribution is 2.36. The zero-order valence-corrected chi connectivity index (χ0v) is 17.6. The fourth-order valence-corrected chi connectivity index (χ4v) is 3.75. The van der Waals surface area contributed by atoms with Crippen LogP contribution in [0, 0.1) is 0 Å². The van der Waals surface area contributed by atoms with Crippen molar-refractivity contribution in [1.29, 1.82) is 0 Å². The Bertz CT molecular complexity index is 1200. The first kappa shape index (κ1) is 20.1. The van der Waals surface area contributed by atoms with Crippen molar-refractivity contribution in [3.8, 4) is 5.88 Å². The molecular formula is C21H21N7O4. The lowest BCUT2D eigenvalue weighted by molar-refractivity contribution is 0.0477. The van der Waals surface area contributed by atoms with Gasteiger partial charge in [-0.1, -0.05) is 0 Å². The average Bonchev–Trinajstić information content (AvgIpc) is 3.10. The number of nitrogens with zero attached hydrogens (tertiary/aromatic N) is 7. The summed E-state index contributed by atoms with van der Waals surface area (Å²) in [5, 5.41) is 0.779. The molecule has 0 radical (unpaired) electrons. The molecule has 3 aromatic rings. The topological polar surface area (TPSA) is 114 Å². The monoisotopic (exact) mass is 435 g/mol. The van der Waals surface area contributed by atoms with E-state index >= 15 is 0 Å². The molecule has 5 rings (SSSR count). The number of pyridine rings is 2. The van der Waals surface area contributed by atoms with Gasteiger partial charge in [0.2, 0.25) is 12.1 Å². The summed E-state index contributed by atoms with van der Waals surface area (Å²) >= 11 is 0. The van der Waals surface area contributed by atoms with E-state index in [4.69, 9.17) is 9.47 Å². The molecular weight excluding hydrogens is 414 g/mol. The Balaban J connectivity index is 1.50. The third kappa shape index (κ3) is 3.46. The maximum atomic E-state index is 13.2. The Morgan fingerprint density at radius 3 is 2.56 bits per heavy atom. The number of fused-ring (bicyclic) bond motifs is 2. The fraction of sp³-hybridized carbons (Fsp3) is 0.333. The van der Waals surface area contributed by atoms with Crippen molar-refractivity contribution in [3.63, 3.8) is 0 Å². The number of carbonyl (C=O) groups excluding carboxylic acids is 2. The molecule has 2 amide bonds. The summed E-state index contributed by atoms with van der Waals surface area (Å²) < 4.78 is 11.0. The first-order valence-electron chi connectivity index (χ1n) is 10.2. The van der Waals surface area contributed by atoms with Crippen LogP contribution in [0.5, 0.6) is 5.88 Å². The largest absolute Gasteiger partial charge is 0.481 e. The molecule has 0 saturated carbocycles. The van der Waals surface area contributed by atoms with E-state index in [-0.39, 0.29) is 17.2 Å². The fourth-order valence-electron chi connectivity index (χ4n) is 3.75. The lowest BCUT2D eigenvalue weighted by atomic mass is 10.3. The van der Waals surface area contributed by atoms with Gasteiger partial charge in [-0.2, -0.15) is 4.98 Å². The van der Waals surface area contributed by atoms with Gasteiger partial charge in [0.05, 0.1) is 7.11 Å². The van der Waals surface area contributed by atoms with Gasteiger partial charge in [-0.15, -0.1) is 0 Å². The molecule has 0 aromatic carbocycles. The number of likely N-dealkylation sites (N-methyl/N-ethyl adjacent to an activating group) is 1. The van der Waals surface area contributed by atoms with Crippen LogP contribution in [0.15, 0.2) is 36.7 Å². The van der Waals surface area contributed by atoms with Gasteiger partial charge in [-0.05, 0) is 25.2 Å². The summed E-state index contributed by atoms with van der Waals surface area (Å²) in [4.78, 5) is 48.4. The highest BCUT2D eigenvalue weighted by Gasteiger charge is 2.44. The summed E-state index contributed by atoms with van der Waals surface area (Å²) in [6.45, 7) is 2.58. The van der Waals surface area contributed by atoms with Gasteiger partial charge in [0.15, 0.2) is 11.3 Å². The molecule has 0 bridgehead atoms. The van der Waals surface area contributed by atoms with E-state index in [2.05, 4.69) is 24.8 Å². The summed E-state index contributed by atoms with van der Waals surface area (Å²) in [6, 6.07) is 7.03. The van der Waals surface area contributed by atoms with E-state index in [9.17, 15) is 9.59 Å². The van der Waals surface area contributed by atoms with E-state index < -0.39 is 18.2 Å². The summed E-state index contributed by atoms with van der Waals surface area (Å²) in [5.74, 6) is 0.234. The smallest absolute Gasteiger partial charge is 0.412 e. The van der Waals surface area contributed by atoms with Crippen LogP contribution >= 0.6 is 0 Å². The van der Waals surface area contributed by atoms with Gasteiger partial charge in [0.1, 0.15) is 11.5 Å². The molecule has 3 aromatic heterocycles. The van der Waals surface area contributed by atoms with Crippen molar-refractivity contribution in [2.45, 2.75) is 6.23 Å². The van der Waals surface area contributed by atoms with E-state index in [1.54, 1.807) is 23.1 Å². The number of anilines is 1. The summed E-state index contributed by atoms with van der Waals surface area (Å²) in [6.07, 6.45) is 1.31. The molecule has 5 heterocycles. The summed E-state index contributed by atoms with van der Waals surface area (Å²) in [7, 11) is 3.52. The molecule has 164 valence electrons. The molecule has 1 fully saturated rings. The molecule has 1 atom stereocenters. The van der Waals surface area contributed by atoms with Gasteiger partial charge >= 0.3 is 6.09 Å². The Hall–Kier alpha value is -3.86. The molecule has 2 aliphatic rings. The van der Waals surface area contributed by atoms with Crippen LogP contribution in [0.4, 0.5) is 10.6 Å². The number of aromatic nitrogens is 4. The second-order valence-electron chi connectivity index (χ2n) is 7.56. The van der Waals surface area contributed by atoms with Crippen LogP contribution in [0.3, 0.4) is 0 Å². The number of carbonyl (C=O) groups is 2. The van der Waals surface area contributed by atoms with Crippen LogP contribution in [-0.2, 0) is 4.74 Å². The normalized spacial score (nSPS) is 18.7. The molecule has 32 heavy (non-hydrogen) atoms. The maximum Gasteiger partial charge on any atom is 0.412 e. The number of amides is 2. The lowest BCUT2D eigenvalue weighted by Gasteiger charge is -2.33. The van der Waals surface area contributed by atoms with Gasteiger partial charge in [0.25, 0.3) is 5.91 Å². The van der Waals surface area contributed by atoms with Crippen LogP contribution in [0.2, 0.25) is 0 Å². The predicted octanol–water partition coefficient (Wildman–Crippen LogP) is 1.47. The molecule has 2 aliphatic heterocycles. The predicted molar refractivity (Wildman–Crippen MR) is 113 cm³/mol. The second-order valence-corrected chi connectivity index (χ2v) is 7.56. The third-order valence-corrected chi connectivity index (χ3v) is 5.56. The highest BCUT2D eigenvalue weighted by molar-refractivity contribution is 6.09. The number of hydrogen-bond acceptors (Lipinski definition) is 9. The van der Waals surface area contributed by atoms with Crippen LogP contribution < -0.4 is 9.64 Å². The molecule has 1 saturated heterocycles. The average molecular weight is 435 g/mol. The Kier molecular flexibility index (Phi) is 5.02.